The molecule has 22 heavy (non-hydrogen) atoms. The molecule has 0 saturated carbocycles. The Morgan fingerprint density at radius 3 is 2.77 bits per heavy atom. The standard InChI is InChI=1S/C14H12N4O4/c1-9-2-3-10(7-15-9)14(20)17-16-8-11-6-12(19)4-5-13(11)18(21)22/h2-8,19H,1H3,(H,17,20)/p-1/b16-8-. The monoisotopic (exact) mass is 299 g/mol. The maximum Gasteiger partial charge on any atom is 0.278 e. The number of nitro benzene ring substituents is 1. The van der Waals surface area contributed by atoms with Crippen molar-refractivity contribution in [3.05, 3.63) is 63.5 Å². The lowest BCUT2D eigenvalue weighted by atomic mass is 10.2. The highest BCUT2D eigenvalue weighted by molar-refractivity contribution is 5.95. The molecule has 0 aliphatic carbocycles. The Labute approximate surface area is 125 Å². The predicted octanol–water partition coefficient (Wildman–Crippen LogP) is 1.14. The largest absolute Gasteiger partial charge is 0.872 e. The lowest BCUT2D eigenvalue weighted by Gasteiger charge is -2.05. The summed E-state index contributed by atoms with van der Waals surface area (Å²) in [5, 5.41) is 25.7. The van der Waals surface area contributed by atoms with Crippen LogP contribution in [-0.4, -0.2) is 22.0 Å². The van der Waals surface area contributed by atoms with Crippen LogP contribution < -0.4 is 10.5 Å². The number of hydrazone groups is 1. The summed E-state index contributed by atoms with van der Waals surface area (Å²) < 4.78 is 0. The Morgan fingerprint density at radius 2 is 2.14 bits per heavy atom. The van der Waals surface area contributed by atoms with Gasteiger partial charge in [0.15, 0.2) is 0 Å². The number of nitro groups is 1. The number of benzene rings is 1. The highest BCUT2D eigenvalue weighted by Crippen LogP contribution is 2.19. The molecule has 1 N–H and O–H groups in total. The molecular formula is C14H11N4O4-. The van der Waals surface area contributed by atoms with Crippen LogP contribution >= 0.6 is 0 Å². The number of carbonyl (C=O) groups is 1. The van der Waals surface area contributed by atoms with Crippen LogP contribution in [-0.2, 0) is 0 Å². The van der Waals surface area contributed by atoms with Crippen molar-refractivity contribution in [3.8, 4) is 5.75 Å². The number of aryl methyl sites for hydroxylation is 1. The summed E-state index contributed by atoms with van der Waals surface area (Å²) in [5.41, 5.74) is 3.03. The van der Waals surface area contributed by atoms with Crippen LogP contribution in [0.4, 0.5) is 5.69 Å². The van der Waals surface area contributed by atoms with Gasteiger partial charge in [0.25, 0.3) is 11.6 Å². The van der Waals surface area contributed by atoms with E-state index in [0.717, 1.165) is 30.1 Å². The number of carbonyl (C=O) groups excluding carboxylic acids is 1. The molecule has 112 valence electrons. The Kier molecular flexibility index (Phi) is 4.42. The normalized spacial score (nSPS) is 10.6. The van der Waals surface area contributed by atoms with Gasteiger partial charge in [0.05, 0.1) is 22.3 Å². The maximum atomic E-state index is 11.8. The third-order valence-corrected chi connectivity index (χ3v) is 2.74. The number of aromatic nitrogens is 1. The van der Waals surface area contributed by atoms with Gasteiger partial charge in [-0.1, -0.05) is 12.1 Å². The number of pyridine rings is 1. The maximum absolute atomic E-state index is 11.8. The topological polar surface area (TPSA) is 121 Å². The molecule has 0 aliphatic heterocycles. The van der Waals surface area contributed by atoms with E-state index in [1.54, 1.807) is 19.1 Å². The minimum Gasteiger partial charge on any atom is -0.872 e. The van der Waals surface area contributed by atoms with Gasteiger partial charge < -0.3 is 5.11 Å². The van der Waals surface area contributed by atoms with Crippen molar-refractivity contribution >= 4 is 17.8 Å². The van der Waals surface area contributed by atoms with Gasteiger partial charge >= 0.3 is 0 Å². The summed E-state index contributed by atoms with van der Waals surface area (Å²) >= 11 is 0. The zero-order valence-corrected chi connectivity index (χ0v) is 11.5. The summed E-state index contributed by atoms with van der Waals surface area (Å²) in [6.07, 6.45) is 2.44. The van der Waals surface area contributed by atoms with Gasteiger partial charge in [-0.15, -0.1) is 5.75 Å². The van der Waals surface area contributed by atoms with Gasteiger partial charge in [0, 0.05) is 18.0 Å². The molecule has 1 aromatic carbocycles. The summed E-state index contributed by atoms with van der Waals surface area (Å²) in [4.78, 5) is 25.9. The fraction of sp³-hybridized carbons (Fsp3) is 0.0714. The van der Waals surface area contributed by atoms with Gasteiger partial charge in [-0.25, -0.2) is 5.43 Å². The predicted molar refractivity (Wildman–Crippen MR) is 76.6 cm³/mol. The summed E-state index contributed by atoms with van der Waals surface area (Å²) in [5.74, 6) is -0.897. The molecule has 0 radical (unpaired) electrons. The molecule has 0 atom stereocenters. The molecule has 0 saturated heterocycles. The Hall–Kier alpha value is -3.29. The van der Waals surface area contributed by atoms with Crippen LogP contribution in [0.15, 0.2) is 41.6 Å². The van der Waals surface area contributed by atoms with Gasteiger partial charge in [-0.3, -0.25) is 19.9 Å². The molecule has 1 amide bonds. The lowest BCUT2D eigenvalue weighted by molar-refractivity contribution is -0.385. The minimum atomic E-state index is -0.632. The van der Waals surface area contributed by atoms with E-state index in [-0.39, 0.29) is 17.0 Å². The van der Waals surface area contributed by atoms with E-state index in [4.69, 9.17) is 0 Å². The molecule has 1 heterocycles. The molecule has 2 rings (SSSR count). The highest BCUT2D eigenvalue weighted by Gasteiger charge is 2.11. The van der Waals surface area contributed by atoms with E-state index in [9.17, 15) is 20.0 Å². The third kappa shape index (κ3) is 3.63. The van der Waals surface area contributed by atoms with Crippen LogP contribution in [0.1, 0.15) is 21.6 Å². The second-order valence-corrected chi connectivity index (χ2v) is 4.37. The Balaban J connectivity index is 2.12. The molecule has 0 bridgehead atoms. The van der Waals surface area contributed by atoms with Gasteiger partial charge in [-0.2, -0.15) is 5.10 Å². The molecule has 8 nitrogen and oxygen atoms in total. The number of rotatable bonds is 4. The minimum absolute atomic E-state index is 0.0137. The first kappa shape index (κ1) is 15.1. The Morgan fingerprint density at radius 1 is 1.36 bits per heavy atom. The number of nitrogens with one attached hydrogen (secondary N) is 1. The lowest BCUT2D eigenvalue weighted by Crippen LogP contribution is -2.18. The van der Waals surface area contributed by atoms with E-state index in [0.29, 0.717) is 5.56 Å². The van der Waals surface area contributed by atoms with Crippen molar-refractivity contribution < 1.29 is 14.8 Å². The molecule has 1 aromatic heterocycles. The van der Waals surface area contributed by atoms with E-state index >= 15 is 0 Å². The molecule has 2 aromatic rings. The van der Waals surface area contributed by atoms with Gasteiger partial charge in [0.1, 0.15) is 0 Å². The van der Waals surface area contributed by atoms with E-state index in [2.05, 4.69) is 15.5 Å². The van der Waals surface area contributed by atoms with Crippen LogP contribution in [0.5, 0.6) is 5.75 Å². The molecule has 8 heteroatoms. The zero-order valence-electron chi connectivity index (χ0n) is 11.5. The second kappa shape index (κ2) is 6.44. The van der Waals surface area contributed by atoms with Crippen molar-refractivity contribution in [1.29, 1.82) is 0 Å². The zero-order chi connectivity index (χ0) is 16.1. The average Bonchev–Trinajstić information content (AvgIpc) is 2.47. The first-order valence-electron chi connectivity index (χ1n) is 6.19. The summed E-state index contributed by atoms with van der Waals surface area (Å²) in [7, 11) is 0. The van der Waals surface area contributed by atoms with Crippen molar-refractivity contribution in [1.82, 2.24) is 10.4 Å². The molecule has 0 unspecified atom stereocenters. The first-order chi connectivity index (χ1) is 10.5. The van der Waals surface area contributed by atoms with E-state index in [1.165, 1.54) is 6.20 Å². The number of hydrogen-bond acceptors (Lipinski definition) is 6. The summed E-state index contributed by atoms with van der Waals surface area (Å²) in [6, 6.07) is 6.50. The van der Waals surface area contributed by atoms with Crippen molar-refractivity contribution in [2.45, 2.75) is 6.92 Å². The average molecular weight is 299 g/mol. The molecular weight excluding hydrogens is 288 g/mol. The van der Waals surface area contributed by atoms with Crippen LogP contribution in [0, 0.1) is 17.0 Å². The highest BCUT2D eigenvalue weighted by atomic mass is 16.6. The summed E-state index contributed by atoms with van der Waals surface area (Å²) in [6.45, 7) is 1.79. The quantitative estimate of drug-likeness (QED) is 0.515. The van der Waals surface area contributed by atoms with E-state index in [1.807, 2.05) is 0 Å². The third-order valence-electron chi connectivity index (χ3n) is 2.74. The number of hydrogen-bond donors (Lipinski definition) is 1. The first-order valence-corrected chi connectivity index (χ1v) is 6.19. The molecule has 0 aliphatic rings. The van der Waals surface area contributed by atoms with Crippen LogP contribution in [0.2, 0.25) is 0 Å². The van der Waals surface area contributed by atoms with Gasteiger partial charge in [0.2, 0.25) is 0 Å². The fourth-order valence-electron chi connectivity index (χ4n) is 1.63. The van der Waals surface area contributed by atoms with Crippen molar-refractivity contribution in [3.63, 3.8) is 0 Å². The molecule has 0 spiro atoms. The van der Waals surface area contributed by atoms with Crippen molar-refractivity contribution in [2.24, 2.45) is 5.10 Å². The van der Waals surface area contributed by atoms with E-state index < -0.39 is 10.8 Å². The number of nitrogens with zero attached hydrogens (tertiary/aromatic N) is 3. The second-order valence-electron chi connectivity index (χ2n) is 4.37. The van der Waals surface area contributed by atoms with Crippen LogP contribution in [0.3, 0.4) is 0 Å². The van der Waals surface area contributed by atoms with Crippen molar-refractivity contribution in [2.75, 3.05) is 0 Å². The fourth-order valence-corrected chi connectivity index (χ4v) is 1.63. The smallest absolute Gasteiger partial charge is 0.278 e. The van der Waals surface area contributed by atoms with Gasteiger partial charge in [-0.05, 0) is 19.1 Å². The Bertz CT molecular complexity index is 741. The number of amides is 1. The molecule has 0 fully saturated rings. The SMILES string of the molecule is Cc1ccc(C(=O)N/N=C\c2cc([O-])ccc2[N+](=O)[O-])cn1. The van der Waals surface area contributed by atoms with Crippen LogP contribution in [0.25, 0.3) is 0 Å².